The van der Waals surface area contributed by atoms with E-state index in [1.807, 2.05) is 18.2 Å². The highest BCUT2D eigenvalue weighted by Gasteiger charge is 2.02. The number of methoxy groups -OCH3 is 1. The van der Waals surface area contributed by atoms with Crippen LogP contribution in [0.15, 0.2) is 29.3 Å². The van der Waals surface area contributed by atoms with Crippen LogP contribution in [0.2, 0.25) is 0 Å². The van der Waals surface area contributed by atoms with Crippen molar-refractivity contribution in [1.29, 1.82) is 0 Å². The normalized spacial score (nSPS) is 10.7. The van der Waals surface area contributed by atoms with Crippen molar-refractivity contribution in [2.75, 3.05) is 27.2 Å². The summed E-state index contributed by atoms with van der Waals surface area (Å²) in [4.78, 5) is 4.20. The zero-order valence-electron chi connectivity index (χ0n) is 12.6. The molecule has 0 aliphatic heterocycles. The quantitative estimate of drug-likeness (QED) is 0.325. The Morgan fingerprint density at radius 1 is 1.20 bits per heavy atom. The topological polar surface area (TPSA) is 45.7 Å². The molecule has 0 spiro atoms. The van der Waals surface area contributed by atoms with Crippen LogP contribution in [0, 0.1) is 0 Å². The number of ether oxygens (including phenoxy) is 1. The minimum Gasteiger partial charge on any atom is -0.496 e. The van der Waals surface area contributed by atoms with E-state index in [0.29, 0.717) is 0 Å². The Bertz CT molecular complexity index is 396. The minimum absolute atomic E-state index is 0. The average molecular weight is 391 g/mol. The summed E-state index contributed by atoms with van der Waals surface area (Å²) < 4.78 is 5.33. The molecule has 0 aromatic heterocycles. The molecule has 0 aliphatic rings. The molecule has 2 N–H and O–H groups in total. The largest absolute Gasteiger partial charge is 0.496 e. The van der Waals surface area contributed by atoms with Crippen LogP contribution in [0.1, 0.15) is 25.3 Å². The van der Waals surface area contributed by atoms with Gasteiger partial charge in [-0.05, 0) is 24.5 Å². The molecule has 0 bridgehead atoms. The van der Waals surface area contributed by atoms with E-state index in [1.165, 1.54) is 12.0 Å². The van der Waals surface area contributed by atoms with Crippen LogP contribution >= 0.6 is 24.0 Å². The molecule has 5 heteroatoms. The third-order valence-electron chi connectivity index (χ3n) is 2.93. The molecule has 0 saturated carbocycles. The molecule has 0 atom stereocenters. The maximum atomic E-state index is 5.33. The summed E-state index contributed by atoms with van der Waals surface area (Å²) in [5, 5.41) is 6.60. The molecule has 1 aromatic rings. The fourth-order valence-electron chi connectivity index (χ4n) is 1.83. The van der Waals surface area contributed by atoms with E-state index in [-0.39, 0.29) is 24.0 Å². The Kier molecular flexibility index (Phi) is 11.2. The highest BCUT2D eigenvalue weighted by molar-refractivity contribution is 14.0. The fraction of sp³-hybridized carbons (Fsp3) is 0.533. The van der Waals surface area contributed by atoms with E-state index < -0.39 is 0 Å². The number of nitrogens with one attached hydrogen (secondary N) is 2. The number of hydrogen-bond donors (Lipinski definition) is 2. The van der Waals surface area contributed by atoms with Gasteiger partial charge in [-0.2, -0.15) is 0 Å². The molecule has 0 amide bonds. The first kappa shape index (κ1) is 19.0. The van der Waals surface area contributed by atoms with Crippen molar-refractivity contribution in [2.45, 2.75) is 26.2 Å². The van der Waals surface area contributed by atoms with Crippen molar-refractivity contribution in [2.24, 2.45) is 4.99 Å². The second-order valence-corrected chi connectivity index (χ2v) is 4.34. The smallest absolute Gasteiger partial charge is 0.190 e. The number of rotatable bonds is 7. The predicted molar refractivity (Wildman–Crippen MR) is 96.4 cm³/mol. The summed E-state index contributed by atoms with van der Waals surface area (Å²) in [6, 6.07) is 8.10. The number of unbranched alkanes of at least 4 members (excludes halogenated alkanes) is 1. The highest BCUT2D eigenvalue weighted by atomic mass is 127. The van der Waals surface area contributed by atoms with Crippen molar-refractivity contribution in [3.05, 3.63) is 29.8 Å². The molecule has 4 nitrogen and oxygen atoms in total. The van der Waals surface area contributed by atoms with Crippen molar-refractivity contribution < 1.29 is 4.74 Å². The molecule has 20 heavy (non-hydrogen) atoms. The lowest BCUT2D eigenvalue weighted by Crippen LogP contribution is -2.38. The van der Waals surface area contributed by atoms with E-state index in [2.05, 4.69) is 28.6 Å². The molecule has 0 radical (unpaired) electrons. The van der Waals surface area contributed by atoms with E-state index in [1.54, 1.807) is 14.2 Å². The second-order valence-electron chi connectivity index (χ2n) is 4.34. The molecule has 0 saturated heterocycles. The number of guanidine groups is 1. The maximum Gasteiger partial charge on any atom is 0.190 e. The molecule has 0 heterocycles. The molecule has 0 fully saturated rings. The molecule has 1 rings (SSSR count). The van der Waals surface area contributed by atoms with Gasteiger partial charge in [0.1, 0.15) is 5.75 Å². The molecule has 0 unspecified atom stereocenters. The average Bonchev–Trinajstić information content (AvgIpc) is 2.46. The van der Waals surface area contributed by atoms with Crippen LogP contribution in [0.4, 0.5) is 0 Å². The van der Waals surface area contributed by atoms with Crippen LogP contribution in [-0.4, -0.2) is 33.2 Å². The Hall–Kier alpha value is -0.980. The standard InChI is InChI=1S/C15H25N3O.HI/c1-4-5-11-17-15(16-2)18-12-10-13-8-6-7-9-14(13)19-3;/h6-9H,4-5,10-12H2,1-3H3,(H2,16,17,18);1H. The fourth-order valence-corrected chi connectivity index (χ4v) is 1.83. The number of para-hydroxylation sites is 1. The lowest BCUT2D eigenvalue weighted by Gasteiger charge is -2.12. The van der Waals surface area contributed by atoms with Gasteiger partial charge in [-0.3, -0.25) is 4.99 Å². The van der Waals surface area contributed by atoms with E-state index in [9.17, 15) is 0 Å². The summed E-state index contributed by atoms with van der Waals surface area (Å²) in [6.07, 6.45) is 3.26. The third kappa shape index (κ3) is 6.98. The van der Waals surface area contributed by atoms with Crippen molar-refractivity contribution in [1.82, 2.24) is 10.6 Å². The first-order valence-corrected chi connectivity index (χ1v) is 6.88. The number of aliphatic imine (C=N–C) groups is 1. The Morgan fingerprint density at radius 2 is 1.90 bits per heavy atom. The van der Waals surface area contributed by atoms with Gasteiger partial charge in [-0.25, -0.2) is 0 Å². The SMILES string of the molecule is CCCCNC(=NC)NCCc1ccccc1OC.I. The van der Waals surface area contributed by atoms with Crippen LogP contribution in [0.3, 0.4) is 0 Å². The Balaban J connectivity index is 0.00000361. The molecule has 1 aromatic carbocycles. The minimum atomic E-state index is 0. The number of halogens is 1. The van der Waals surface area contributed by atoms with Crippen LogP contribution < -0.4 is 15.4 Å². The lowest BCUT2D eigenvalue weighted by atomic mass is 10.1. The molecule has 114 valence electrons. The van der Waals surface area contributed by atoms with Gasteiger partial charge in [0.05, 0.1) is 7.11 Å². The number of nitrogens with zero attached hydrogens (tertiary/aromatic N) is 1. The first-order valence-electron chi connectivity index (χ1n) is 6.88. The van der Waals surface area contributed by atoms with Gasteiger partial charge >= 0.3 is 0 Å². The predicted octanol–water partition coefficient (Wildman–Crippen LogP) is 2.82. The summed E-state index contributed by atoms with van der Waals surface area (Å²) in [6.45, 7) is 3.98. The molecular weight excluding hydrogens is 365 g/mol. The lowest BCUT2D eigenvalue weighted by molar-refractivity contribution is 0.409. The van der Waals surface area contributed by atoms with Crippen molar-refractivity contribution in [3.63, 3.8) is 0 Å². The van der Waals surface area contributed by atoms with Crippen LogP contribution in [0.5, 0.6) is 5.75 Å². The van der Waals surface area contributed by atoms with E-state index >= 15 is 0 Å². The van der Waals surface area contributed by atoms with Gasteiger partial charge in [-0.1, -0.05) is 31.5 Å². The number of benzene rings is 1. The van der Waals surface area contributed by atoms with E-state index in [4.69, 9.17) is 4.74 Å². The summed E-state index contributed by atoms with van der Waals surface area (Å²) >= 11 is 0. The third-order valence-corrected chi connectivity index (χ3v) is 2.93. The Morgan fingerprint density at radius 3 is 2.55 bits per heavy atom. The summed E-state index contributed by atoms with van der Waals surface area (Å²) in [5.74, 6) is 1.81. The zero-order chi connectivity index (χ0) is 13.9. The zero-order valence-corrected chi connectivity index (χ0v) is 14.9. The number of hydrogen-bond acceptors (Lipinski definition) is 2. The second kappa shape index (κ2) is 11.8. The van der Waals surface area contributed by atoms with Crippen LogP contribution in [0.25, 0.3) is 0 Å². The highest BCUT2D eigenvalue weighted by Crippen LogP contribution is 2.17. The van der Waals surface area contributed by atoms with Crippen molar-refractivity contribution >= 4 is 29.9 Å². The van der Waals surface area contributed by atoms with Gasteiger partial charge in [0.15, 0.2) is 5.96 Å². The first-order chi connectivity index (χ1) is 9.31. The maximum absolute atomic E-state index is 5.33. The van der Waals surface area contributed by atoms with Gasteiger partial charge in [0, 0.05) is 20.1 Å². The summed E-state index contributed by atoms with van der Waals surface area (Å²) in [5.41, 5.74) is 1.21. The van der Waals surface area contributed by atoms with Gasteiger partial charge in [0.25, 0.3) is 0 Å². The van der Waals surface area contributed by atoms with E-state index in [0.717, 1.165) is 37.6 Å². The molecule has 0 aliphatic carbocycles. The van der Waals surface area contributed by atoms with Crippen LogP contribution in [-0.2, 0) is 6.42 Å². The summed E-state index contributed by atoms with van der Waals surface area (Å²) in [7, 11) is 3.50. The molecular formula is C15H26IN3O. The monoisotopic (exact) mass is 391 g/mol. The van der Waals surface area contributed by atoms with Crippen molar-refractivity contribution in [3.8, 4) is 5.75 Å². The van der Waals surface area contributed by atoms with Gasteiger partial charge < -0.3 is 15.4 Å². The van der Waals surface area contributed by atoms with Gasteiger partial charge in [0.2, 0.25) is 0 Å². The Labute approximate surface area is 139 Å². The van der Waals surface area contributed by atoms with Gasteiger partial charge in [-0.15, -0.1) is 24.0 Å².